The quantitative estimate of drug-likeness (QED) is 0.776. The zero-order chi connectivity index (χ0) is 16.8. The number of benzene rings is 1. The molecule has 2 rings (SSSR count). The predicted octanol–water partition coefficient (Wildman–Crippen LogP) is 1.96. The fraction of sp³-hybridized carbons (Fsp3) is 0.312. The first-order chi connectivity index (χ1) is 11.1. The zero-order valence-corrected chi connectivity index (χ0v) is 13.5. The highest BCUT2D eigenvalue weighted by Gasteiger charge is 2.19. The Bertz CT molecular complexity index is 692. The number of rotatable bonds is 5. The van der Waals surface area contributed by atoms with Crippen LogP contribution in [0.3, 0.4) is 0 Å². The molecule has 0 spiro atoms. The number of hydrogen-bond acceptors (Lipinski definition) is 7. The van der Waals surface area contributed by atoms with E-state index in [1.165, 1.54) is 28.4 Å². The van der Waals surface area contributed by atoms with E-state index < -0.39 is 5.97 Å². The molecule has 0 fully saturated rings. The number of carbonyl (C=O) groups is 1. The van der Waals surface area contributed by atoms with Crippen molar-refractivity contribution >= 4 is 23.7 Å². The Morgan fingerprint density at radius 1 is 1.04 bits per heavy atom. The molecule has 0 aliphatic carbocycles. The molecular formula is C16H18N2O5. The van der Waals surface area contributed by atoms with Gasteiger partial charge in [-0.05, 0) is 17.7 Å². The van der Waals surface area contributed by atoms with Crippen molar-refractivity contribution in [2.75, 3.05) is 35.1 Å². The molecule has 0 radical (unpaired) electrons. The van der Waals surface area contributed by atoms with Gasteiger partial charge >= 0.3 is 5.97 Å². The van der Waals surface area contributed by atoms with E-state index >= 15 is 0 Å². The largest absolute Gasteiger partial charge is 0.497 e. The standard InChI is InChI=1S/C16H18N2O5/c1-20-11-7-10(5-6-12-15(22-3)18-9-17-12)14(16(19)23-4)13(8-11)21-2/h5-8H,9H2,1-4H3/b6-5+. The van der Waals surface area contributed by atoms with E-state index in [9.17, 15) is 4.79 Å². The Morgan fingerprint density at radius 3 is 2.43 bits per heavy atom. The smallest absolute Gasteiger partial charge is 0.342 e. The number of nitrogens with zero attached hydrogens (tertiary/aromatic N) is 2. The molecule has 0 saturated carbocycles. The minimum atomic E-state index is -0.502. The third kappa shape index (κ3) is 3.50. The maximum atomic E-state index is 12.1. The van der Waals surface area contributed by atoms with Gasteiger partial charge in [-0.1, -0.05) is 6.08 Å². The minimum absolute atomic E-state index is 0.307. The number of methoxy groups -OCH3 is 4. The van der Waals surface area contributed by atoms with Crippen molar-refractivity contribution in [1.82, 2.24) is 0 Å². The molecule has 0 atom stereocenters. The molecule has 7 heteroatoms. The van der Waals surface area contributed by atoms with Gasteiger partial charge in [0.05, 0.1) is 28.4 Å². The van der Waals surface area contributed by atoms with Crippen LogP contribution in [0.25, 0.3) is 6.08 Å². The van der Waals surface area contributed by atoms with Gasteiger partial charge in [0.15, 0.2) is 0 Å². The molecule has 0 aromatic heterocycles. The lowest BCUT2D eigenvalue weighted by molar-refractivity contribution is 0.0597. The Labute approximate surface area is 134 Å². The van der Waals surface area contributed by atoms with Crippen molar-refractivity contribution in [1.29, 1.82) is 0 Å². The van der Waals surface area contributed by atoms with Gasteiger partial charge in [-0.2, -0.15) is 0 Å². The van der Waals surface area contributed by atoms with Crippen molar-refractivity contribution in [2.45, 2.75) is 0 Å². The van der Waals surface area contributed by atoms with Gasteiger partial charge < -0.3 is 18.9 Å². The summed E-state index contributed by atoms with van der Waals surface area (Å²) in [5.41, 5.74) is 1.49. The van der Waals surface area contributed by atoms with Gasteiger partial charge in [0.25, 0.3) is 0 Å². The van der Waals surface area contributed by atoms with Crippen LogP contribution in [0.2, 0.25) is 0 Å². The summed E-state index contributed by atoms with van der Waals surface area (Å²) in [6.45, 7) is 0.328. The van der Waals surface area contributed by atoms with Crippen molar-refractivity contribution < 1.29 is 23.7 Å². The second kappa shape index (κ2) is 7.44. The van der Waals surface area contributed by atoms with Crippen molar-refractivity contribution in [3.8, 4) is 11.5 Å². The molecule has 122 valence electrons. The van der Waals surface area contributed by atoms with E-state index in [1.54, 1.807) is 24.3 Å². The second-order valence-corrected chi connectivity index (χ2v) is 4.47. The third-order valence-corrected chi connectivity index (χ3v) is 3.24. The van der Waals surface area contributed by atoms with E-state index in [1.807, 2.05) is 0 Å². The lowest BCUT2D eigenvalue weighted by Crippen LogP contribution is -2.10. The summed E-state index contributed by atoms with van der Waals surface area (Å²) >= 11 is 0. The fourth-order valence-electron chi connectivity index (χ4n) is 2.13. The van der Waals surface area contributed by atoms with E-state index in [0.717, 1.165) is 0 Å². The average Bonchev–Trinajstić information content (AvgIpc) is 3.05. The maximum absolute atomic E-state index is 12.1. The monoisotopic (exact) mass is 318 g/mol. The molecule has 0 saturated heterocycles. The van der Waals surface area contributed by atoms with Crippen LogP contribution in [-0.2, 0) is 9.47 Å². The van der Waals surface area contributed by atoms with Crippen LogP contribution < -0.4 is 9.47 Å². The maximum Gasteiger partial charge on any atom is 0.342 e. The Morgan fingerprint density at radius 2 is 1.83 bits per heavy atom. The first-order valence-electron chi connectivity index (χ1n) is 6.80. The van der Waals surface area contributed by atoms with Gasteiger partial charge in [0.2, 0.25) is 5.90 Å². The summed E-state index contributed by atoms with van der Waals surface area (Å²) < 4.78 is 20.5. The van der Waals surface area contributed by atoms with E-state index in [-0.39, 0.29) is 0 Å². The van der Waals surface area contributed by atoms with Crippen molar-refractivity contribution in [2.24, 2.45) is 9.98 Å². The van der Waals surface area contributed by atoms with Crippen LogP contribution in [0.5, 0.6) is 11.5 Å². The normalized spacial score (nSPS) is 13.6. The van der Waals surface area contributed by atoms with Crippen molar-refractivity contribution in [3.63, 3.8) is 0 Å². The highest BCUT2D eigenvalue weighted by atomic mass is 16.5. The summed E-state index contributed by atoms with van der Waals surface area (Å²) in [4.78, 5) is 20.4. The lowest BCUT2D eigenvalue weighted by atomic mass is 10.0. The number of ether oxygens (including phenoxy) is 4. The second-order valence-electron chi connectivity index (χ2n) is 4.47. The van der Waals surface area contributed by atoms with Crippen LogP contribution in [-0.4, -0.2) is 52.7 Å². The molecular weight excluding hydrogens is 300 g/mol. The average molecular weight is 318 g/mol. The summed E-state index contributed by atoms with van der Waals surface area (Å²) in [5, 5.41) is 0. The first-order valence-corrected chi connectivity index (χ1v) is 6.80. The molecule has 1 aliphatic heterocycles. The molecule has 1 heterocycles. The summed E-state index contributed by atoms with van der Waals surface area (Å²) in [6, 6.07) is 3.34. The number of carbonyl (C=O) groups excluding carboxylic acids is 1. The van der Waals surface area contributed by atoms with Crippen LogP contribution in [0, 0.1) is 0 Å². The number of hydrogen-bond donors (Lipinski definition) is 0. The van der Waals surface area contributed by atoms with E-state index in [4.69, 9.17) is 18.9 Å². The van der Waals surface area contributed by atoms with E-state index in [2.05, 4.69) is 9.98 Å². The lowest BCUT2D eigenvalue weighted by Gasteiger charge is -2.12. The molecule has 1 aliphatic rings. The molecule has 0 N–H and O–H groups in total. The molecule has 0 unspecified atom stereocenters. The highest BCUT2D eigenvalue weighted by molar-refractivity contribution is 6.45. The van der Waals surface area contributed by atoms with Gasteiger partial charge in [-0.3, -0.25) is 4.99 Å². The van der Waals surface area contributed by atoms with Crippen LogP contribution in [0.1, 0.15) is 15.9 Å². The van der Waals surface area contributed by atoms with Gasteiger partial charge in [0, 0.05) is 6.07 Å². The Balaban J connectivity index is 2.47. The summed E-state index contributed by atoms with van der Waals surface area (Å²) in [6.07, 6.45) is 3.44. The first kappa shape index (κ1) is 16.5. The number of aliphatic imine (C=N–C) groups is 2. The van der Waals surface area contributed by atoms with Crippen LogP contribution in [0.15, 0.2) is 28.2 Å². The molecule has 1 aromatic rings. The van der Waals surface area contributed by atoms with Gasteiger partial charge in [-0.25, -0.2) is 9.79 Å². The van der Waals surface area contributed by atoms with Gasteiger partial charge in [0.1, 0.15) is 29.4 Å². The minimum Gasteiger partial charge on any atom is -0.497 e. The molecule has 7 nitrogen and oxygen atoms in total. The summed E-state index contributed by atoms with van der Waals surface area (Å²) in [7, 11) is 5.86. The Hall–Kier alpha value is -2.83. The molecule has 1 aromatic carbocycles. The summed E-state index contributed by atoms with van der Waals surface area (Å²) in [5.74, 6) is 0.877. The fourth-order valence-corrected chi connectivity index (χ4v) is 2.13. The Kier molecular flexibility index (Phi) is 5.35. The molecule has 0 bridgehead atoms. The molecule has 0 amide bonds. The van der Waals surface area contributed by atoms with Gasteiger partial charge in [-0.15, -0.1) is 0 Å². The number of esters is 1. The third-order valence-electron chi connectivity index (χ3n) is 3.24. The predicted molar refractivity (Wildman–Crippen MR) is 86.7 cm³/mol. The SMILES string of the molecule is COC(=O)c1c(/C=C/C2=NCN=C2OC)cc(OC)cc1OC. The van der Waals surface area contributed by atoms with Crippen molar-refractivity contribution in [3.05, 3.63) is 29.3 Å². The topological polar surface area (TPSA) is 78.7 Å². The zero-order valence-electron chi connectivity index (χ0n) is 13.5. The highest BCUT2D eigenvalue weighted by Crippen LogP contribution is 2.30. The van der Waals surface area contributed by atoms with Crippen LogP contribution in [0.4, 0.5) is 0 Å². The molecule has 23 heavy (non-hydrogen) atoms. The van der Waals surface area contributed by atoms with E-state index in [0.29, 0.717) is 40.9 Å². The van der Waals surface area contributed by atoms with Crippen LogP contribution >= 0.6 is 0 Å².